The monoisotopic (exact) mass is 972 g/mol. The highest BCUT2D eigenvalue weighted by Gasteiger charge is 2.45. The Labute approximate surface area is 389 Å². The van der Waals surface area contributed by atoms with E-state index in [1.807, 2.05) is 20.8 Å². The Bertz CT molecular complexity index is 1910. The molecule has 0 radical (unpaired) electrons. The maximum atomic E-state index is 13.4. The number of nitrogens with one attached hydrogen (secondary N) is 1. The first-order chi connectivity index (χ1) is 29.3. The van der Waals surface area contributed by atoms with E-state index in [0.717, 1.165) is 102 Å². The Balaban J connectivity index is 0.000000354. The fourth-order valence-electron chi connectivity index (χ4n) is 8.99. The number of esters is 1. The molecule has 2 aromatic carbocycles. The molecule has 12 nitrogen and oxygen atoms in total. The van der Waals surface area contributed by atoms with Crippen molar-refractivity contribution < 1.29 is 64.8 Å². The van der Waals surface area contributed by atoms with E-state index in [1.54, 1.807) is 25.7 Å². The van der Waals surface area contributed by atoms with Gasteiger partial charge in [-0.15, -0.1) is 24.8 Å². The number of hydrogen-bond donors (Lipinski definition) is 2. The Morgan fingerprint density at radius 3 is 1.48 bits per heavy atom. The van der Waals surface area contributed by atoms with Crippen molar-refractivity contribution in [2.45, 2.75) is 141 Å². The summed E-state index contributed by atoms with van der Waals surface area (Å²) in [4.78, 5) is 41.8. The molecule has 1 amide bonds. The summed E-state index contributed by atoms with van der Waals surface area (Å²) in [6.07, 6.45) is -1.78. The van der Waals surface area contributed by atoms with Crippen LogP contribution in [0.25, 0.3) is 0 Å². The van der Waals surface area contributed by atoms with E-state index in [9.17, 15) is 40.7 Å². The fraction of sp³-hybridized carbons (Fsp3) is 0.667. The number of aliphatic carboxylic acids is 1. The maximum absolute atomic E-state index is 13.4. The molecule has 4 aliphatic heterocycles. The molecular formula is C45H64Cl2F6N4O8. The maximum Gasteiger partial charge on any atom is 0.416 e. The molecule has 6 rings (SSSR count). The number of carbonyl (C=O) groups excluding carboxylic acids is 2. The van der Waals surface area contributed by atoms with E-state index in [-0.39, 0.29) is 53.5 Å². The van der Waals surface area contributed by atoms with Gasteiger partial charge >= 0.3 is 30.4 Å². The lowest BCUT2D eigenvalue weighted by Crippen LogP contribution is -2.53. The molecule has 20 heteroatoms. The topological polar surface area (TPSA) is 130 Å². The van der Waals surface area contributed by atoms with E-state index >= 15 is 0 Å². The van der Waals surface area contributed by atoms with Gasteiger partial charge in [0.1, 0.15) is 22.7 Å². The zero-order valence-electron chi connectivity index (χ0n) is 37.9. The predicted molar refractivity (Wildman–Crippen MR) is 236 cm³/mol. The van der Waals surface area contributed by atoms with E-state index in [4.69, 9.17) is 24.1 Å². The molecule has 0 saturated carbocycles. The molecule has 2 aromatic rings. The van der Waals surface area contributed by atoms with Crippen LogP contribution in [-0.4, -0.2) is 113 Å². The highest BCUT2D eigenvalue weighted by molar-refractivity contribution is 5.85. The van der Waals surface area contributed by atoms with Crippen molar-refractivity contribution >= 4 is 42.8 Å². The molecular weight excluding hydrogens is 909 g/mol. The number of carbonyl (C=O) groups is 3. The minimum atomic E-state index is -4.54. The number of alkyl halides is 6. The number of nitrogens with zero attached hydrogens (tertiary/aromatic N) is 3. The Morgan fingerprint density at radius 2 is 1.06 bits per heavy atom. The van der Waals surface area contributed by atoms with Crippen molar-refractivity contribution in [1.82, 2.24) is 20.0 Å². The zero-order valence-corrected chi connectivity index (χ0v) is 39.6. The SMILES string of the molecule is CC(C)(C)OC(=O)COc1cc(C(F)(F)F)ccc1CN1CCCC12CCN(C(=O)OC(C)(C)C)CC2.Cl.Cl.O=C(O)COc1cc(C(F)(F)F)ccc1CN1CCCC12CCNCC2. The molecule has 2 spiro atoms. The minimum Gasteiger partial charge on any atom is -0.482 e. The first-order valence-corrected chi connectivity index (χ1v) is 21.6. The highest BCUT2D eigenvalue weighted by atomic mass is 35.5. The summed E-state index contributed by atoms with van der Waals surface area (Å²) >= 11 is 0. The van der Waals surface area contributed by atoms with Crippen LogP contribution in [0.1, 0.15) is 115 Å². The number of ether oxygens (including phenoxy) is 4. The van der Waals surface area contributed by atoms with Crippen molar-refractivity contribution in [2.24, 2.45) is 0 Å². The minimum absolute atomic E-state index is 0. The second-order valence-corrected chi connectivity index (χ2v) is 18.9. The van der Waals surface area contributed by atoms with Crippen molar-refractivity contribution in [1.29, 1.82) is 0 Å². The quantitative estimate of drug-likeness (QED) is 0.175. The molecule has 4 fully saturated rings. The number of carboxylic acid groups (broad SMARTS) is 1. The molecule has 0 unspecified atom stereocenters. The van der Waals surface area contributed by atoms with Crippen LogP contribution in [0.15, 0.2) is 36.4 Å². The molecule has 2 N–H and O–H groups in total. The van der Waals surface area contributed by atoms with Crippen LogP contribution >= 0.6 is 24.8 Å². The zero-order chi connectivity index (χ0) is 46.4. The normalized spacial score (nSPS) is 18.8. The highest BCUT2D eigenvalue weighted by Crippen LogP contribution is 2.43. The number of piperidine rings is 2. The Hall–Kier alpha value is -3.71. The Kier molecular flexibility index (Phi) is 19.2. The van der Waals surface area contributed by atoms with Crippen LogP contribution in [0.4, 0.5) is 31.1 Å². The number of carboxylic acids is 1. The standard InChI is InChI=1S/C27H39F3N2O5.C18H23F3N2O3.2ClH/c1-24(2,3)36-22(33)18-35-21-16-20(27(28,29)30)9-8-19(21)17-32-13-7-10-26(32)11-14-31(15-12-26)23(34)37-25(4,5)6;19-18(20,21)14-3-2-13(15(10-14)26-12-16(24)25)11-23-9-1-4-17(23)5-7-22-8-6-17;;/h8-9,16H,7,10-15,17-18H2,1-6H3;2-3,10,22H,1,4-9,11-12H2,(H,24,25);2*1H. The predicted octanol–water partition coefficient (Wildman–Crippen LogP) is 9.52. The largest absolute Gasteiger partial charge is 0.482 e. The second kappa shape index (κ2) is 22.4. The van der Waals surface area contributed by atoms with Crippen molar-refractivity contribution in [3.05, 3.63) is 58.7 Å². The van der Waals surface area contributed by atoms with Gasteiger partial charge in [0, 0.05) is 48.4 Å². The molecule has 65 heavy (non-hydrogen) atoms. The molecule has 0 aromatic heterocycles. The number of halogens is 8. The average Bonchev–Trinajstić information content (AvgIpc) is 3.74. The van der Waals surface area contributed by atoms with Crippen LogP contribution in [0.2, 0.25) is 0 Å². The van der Waals surface area contributed by atoms with E-state index in [1.165, 1.54) is 12.1 Å². The summed E-state index contributed by atoms with van der Waals surface area (Å²) < 4.78 is 101. The van der Waals surface area contributed by atoms with Gasteiger partial charge in [-0.2, -0.15) is 26.3 Å². The number of benzene rings is 2. The third-order valence-corrected chi connectivity index (χ3v) is 12.0. The van der Waals surface area contributed by atoms with Gasteiger partial charge in [0.2, 0.25) is 0 Å². The molecule has 4 saturated heterocycles. The van der Waals surface area contributed by atoms with Crippen LogP contribution in [0.3, 0.4) is 0 Å². The van der Waals surface area contributed by atoms with Gasteiger partial charge in [0.05, 0.1) is 11.1 Å². The molecule has 0 aliphatic carbocycles. The third kappa shape index (κ3) is 15.7. The van der Waals surface area contributed by atoms with Crippen LogP contribution in [0.5, 0.6) is 11.5 Å². The second-order valence-electron chi connectivity index (χ2n) is 18.9. The van der Waals surface area contributed by atoms with Gasteiger partial charge in [0.25, 0.3) is 0 Å². The smallest absolute Gasteiger partial charge is 0.416 e. The summed E-state index contributed by atoms with van der Waals surface area (Å²) in [7, 11) is 0. The number of amides is 1. The summed E-state index contributed by atoms with van der Waals surface area (Å²) in [5.41, 5.74) is -1.86. The molecule has 368 valence electrons. The van der Waals surface area contributed by atoms with Crippen molar-refractivity contribution in [2.75, 3.05) is 52.5 Å². The van der Waals surface area contributed by atoms with E-state index in [0.29, 0.717) is 37.3 Å². The fourth-order valence-corrected chi connectivity index (χ4v) is 8.99. The first-order valence-electron chi connectivity index (χ1n) is 21.6. The van der Waals surface area contributed by atoms with E-state index in [2.05, 4.69) is 15.1 Å². The van der Waals surface area contributed by atoms with Gasteiger partial charge in [-0.1, -0.05) is 12.1 Å². The summed E-state index contributed by atoms with van der Waals surface area (Å²) in [6, 6.07) is 6.77. The molecule has 0 bridgehead atoms. The summed E-state index contributed by atoms with van der Waals surface area (Å²) in [6.45, 7) is 15.0. The molecule has 4 aliphatic rings. The summed E-state index contributed by atoms with van der Waals surface area (Å²) in [5, 5.41) is 12.2. The van der Waals surface area contributed by atoms with Gasteiger partial charge in [-0.3, -0.25) is 9.80 Å². The third-order valence-electron chi connectivity index (χ3n) is 12.0. The lowest BCUT2D eigenvalue weighted by atomic mass is 9.84. The van der Waals surface area contributed by atoms with Gasteiger partial charge < -0.3 is 34.3 Å². The van der Waals surface area contributed by atoms with Crippen LogP contribution < -0.4 is 14.8 Å². The average molecular weight is 974 g/mol. The lowest BCUT2D eigenvalue weighted by Gasteiger charge is -2.45. The van der Waals surface area contributed by atoms with Gasteiger partial charge in [0.15, 0.2) is 13.2 Å². The number of likely N-dealkylation sites (tertiary alicyclic amines) is 3. The first kappa shape index (κ1) is 55.6. The van der Waals surface area contributed by atoms with Crippen molar-refractivity contribution in [3.63, 3.8) is 0 Å². The lowest BCUT2D eigenvalue weighted by molar-refractivity contribution is -0.157. The van der Waals surface area contributed by atoms with Crippen LogP contribution in [-0.2, 0) is 44.5 Å². The molecule has 0 atom stereocenters. The Morgan fingerprint density at radius 1 is 0.631 bits per heavy atom. The van der Waals surface area contributed by atoms with Gasteiger partial charge in [-0.25, -0.2) is 14.4 Å². The van der Waals surface area contributed by atoms with Gasteiger partial charge in [-0.05, 0) is 143 Å². The van der Waals surface area contributed by atoms with Crippen molar-refractivity contribution in [3.8, 4) is 11.5 Å². The number of hydrogen-bond acceptors (Lipinski definition) is 10. The number of rotatable bonds is 10. The molecule has 4 heterocycles. The summed E-state index contributed by atoms with van der Waals surface area (Å²) in [5.74, 6) is -1.85. The van der Waals surface area contributed by atoms with Crippen LogP contribution in [0, 0.1) is 0 Å². The van der Waals surface area contributed by atoms with E-state index < -0.39 is 59.8 Å².